The quantitative estimate of drug-likeness (QED) is 0.0235. The van der Waals surface area contributed by atoms with E-state index in [1.54, 1.807) is 86.6 Å². The second-order valence-corrected chi connectivity index (χ2v) is 22.5. The van der Waals surface area contributed by atoms with Crippen molar-refractivity contribution in [1.82, 2.24) is 31.6 Å². The van der Waals surface area contributed by atoms with Gasteiger partial charge >= 0.3 is 23.9 Å². The summed E-state index contributed by atoms with van der Waals surface area (Å²) in [6, 6.07) is 15.1. The van der Waals surface area contributed by atoms with E-state index in [4.69, 9.17) is 18.9 Å². The number of benzene rings is 2. The van der Waals surface area contributed by atoms with Crippen molar-refractivity contribution in [2.24, 2.45) is 11.3 Å². The highest BCUT2D eigenvalue weighted by Gasteiger charge is 2.32. The molecule has 2 aromatic carbocycles. The zero-order chi connectivity index (χ0) is 56.1. The maximum Gasteiger partial charge on any atom is 0.329 e. The number of aromatic nitrogens is 1. The van der Waals surface area contributed by atoms with Gasteiger partial charge in [-0.1, -0.05) is 63.2 Å². The van der Waals surface area contributed by atoms with E-state index in [-0.39, 0.29) is 56.8 Å². The van der Waals surface area contributed by atoms with Gasteiger partial charge in [0.1, 0.15) is 34.6 Å². The average Bonchev–Trinajstić information content (AvgIpc) is 3.29. The van der Waals surface area contributed by atoms with Crippen molar-refractivity contribution in [2.75, 3.05) is 19.7 Å². The summed E-state index contributed by atoms with van der Waals surface area (Å²) in [5.41, 5.74) is -1.19. The average molecular weight is 1050 g/mol. The van der Waals surface area contributed by atoms with Crippen molar-refractivity contribution < 1.29 is 61.7 Å². The number of hydrogen-bond donors (Lipinski definition) is 5. The number of urea groups is 1. The van der Waals surface area contributed by atoms with Crippen LogP contribution in [-0.2, 0) is 55.8 Å². The molecule has 1 heterocycles. The number of unbranched alkanes of at least 4 members (excludes halogenated alkanes) is 1. The molecule has 0 radical (unpaired) electrons. The summed E-state index contributed by atoms with van der Waals surface area (Å²) >= 11 is 0. The van der Waals surface area contributed by atoms with Crippen molar-refractivity contribution >= 4 is 47.4 Å². The number of hydrogen-bond acceptors (Lipinski definition) is 13. The summed E-state index contributed by atoms with van der Waals surface area (Å²) in [4.78, 5) is 108. The van der Waals surface area contributed by atoms with Gasteiger partial charge in [-0.15, -0.1) is 0 Å². The van der Waals surface area contributed by atoms with E-state index in [0.717, 1.165) is 17.8 Å². The van der Waals surface area contributed by atoms with Crippen molar-refractivity contribution in [2.45, 2.75) is 169 Å². The van der Waals surface area contributed by atoms with Crippen LogP contribution >= 0.6 is 0 Å². The number of carbonyl (C=O) groups is 8. The van der Waals surface area contributed by atoms with Crippen molar-refractivity contribution in [3.63, 3.8) is 0 Å². The van der Waals surface area contributed by atoms with Gasteiger partial charge in [-0.25, -0.2) is 14.6 Å². The van der Waals surface area contributed by atoms with Crippen molar-refractivity contribution in [3.8, 4) is 5.75 Å². The molecule has 0 aliphatic heterocycles. The molecule has 0 aliphatic rings. The lowest BCUT2D eigenvalue weighted by Gasteiger charge is -2.32. The molecule has 0 unspecified atom stereocenters. The summed E-state index contributed by atoms with van der Waals surface area (Å²) in [7, 11) is 0. The Kier molecular flexibility index (Phi) is 23.8. The maximum absolute atomic E-state index is 13.6. The van der Waals surface area contributed by atoms with Crippen LogP contribution in [0.1, 0.15) is 143 Å². The molecular weight excluding hydrogens is 968 g/mol. The van der Waals surface area contributed by atoms with Crippen LogP contribution in [0, 0.1) is 17.3 Å². The summed E-state index contributed by atoms with van der Waals surface area (Å²) in [5.74, 6) is -5.07. The van der Waals surface area contributed by atoms with Gasteiger partial charge in [0, 0.05) is 38.0 Å². The smallest absolute Gasteiger partial charge is 0.329 e. The van der Waals surface area contributed by atoms with Gasteiger partial charge in [0.05, 0.1) is 18.0 Å². The predicted octanol–water partition coefficient (Wildman–Crippen LogP) is 7.05. The first-order valence-corrected chi connectivity index (χ1v) is 25.3. The number of carbonyl (C=O) groups excluding carboxylic acids is 8. The van der Waals surface area contributed by atoms with E-state index >= 15 is 0 Å². The summed E-state index contributed by atoms with van der Waals surface area (Å²) < 4.78 is 35.5. The molecule has 4 atom stereocenters. The van der Waals surface area contributed by atoms with Crippen LogP contribution in [0.5, 0.6) is 5.75 Å². The Morgan fingerprint density at radius 1 is 0.627 bits per heavy atom. The third-order valence-electron chi connectivity index (χ3n) is 11.0. The highest BCUT2D eigenvalue weighted by atomic mass is 19.1. The number of pyridine rings is 1. The minimum atomic E-state index is -1.11. The number of ketones is 1. The van der Waals surface area contributed by atoms with Crippen molar-refractivity contribution in [3.05, 3.63) is 95.6 Å². The fourth-order valence-electron chi connectivity index (χ4n) is 7.38. The molecule has 5 N–H and O–H groups in total. The summed E-state index contributed by atoms with van der Waals surface area (Å²) in [5, 5.41) is 13.9. The van der Waals surface area contributed by atoms with Gasteiger partial charge in [0.15, 0.2) is 12.4 Å². The Hall–Kier alpha value is -6.92. The molecule has 0 saturated carbocycles. The normalized spacial score (nSPS) is 13.4. The standard InChI is InChI=1S/C56H79FN6O12/c1-53(2,3)44(63-52(71)62-42(51(70)75-56(10,11)12)26-28-47(66)73-54(4,5)6)20-16-17-29-58-49(68)43(31-36-18-14-13-15-19-36)61-46(65)35-72-41-24-21-37(22-25-41)30-39(50(69)74-55(7,8)9)32-40(64)34-60-48(67)38-23-27-45(57)59-33-38/h13-15,18-19,21-25,27,33,39,42-44H,16-17,20,26,28-32,34-35H2,1-12H3,(H,58,68)(H,60,67)(H,61,65)(H2,62,63,71)/t39-,42+,43+,44+/m1/s1. The molecule has 0 aliphatic carbocycles. The van der Waals surface area contributed by atoms with Crippen LogP contribution in [0.3, 0.4) is 0 Å². The van der Waals surface area contributed by atoms with E-state index in [1.165, 1.54) is 6.07 Å². The lowest BCUT2D eigenvalue weighted by Crippen LogP contribution is -2.53. The zero-order valence-corrected chi connectivity index (χ0v) is 45.7. The first kappa shape index (κ1) is 62.4. The predicted molar refractivity (Wildman–Crippen MR) is 280 cm³/mol. The van der Waals surface area contributed by atoms with Gasteiger partial charge in [-0.05, 0) is 135 Å². The monoisotopic (exact) mass is 1050 g/mol. The zero-order valence-electron chi connectivity index (χ0n) is 45.7. The Bertz CT molecular complexity index is 2370. The molecule has 5 amide bonds. The van der Waals surface area contributed by atoms with Crippen molar-refractivity contribution in [1.29, 1.82) is 0 Å². The van der Waals surface area contributed by atoms with Crippen LogP contribution in [0.25, 0.3) is 0 Å². The number of nitrogens with one attached hydrogen (secondary N) is 5. The molecule has 0 spiro atoms. The fourth-order valence-corrected chi connectivity index (χ4v) is 7.38. The van der Waals surface area contributed by atoms with E-state index < -0.39 is 100 Å². The number of amides is 5. The van der Waals surface area contributed by atoms with Gasteiger partial charge in [-0.3, -0.25) is 28.8 Å². The van der Waals surface area contributed by atoms with Gasteiger partial charge < -0.3 is 45.5 Å². The molecule has 75 heavy (non-hydrogen) atoms. The molecular formula is C56H79FN6O12. The molecule has 0 saturated heterocycles. The van der Waals surface area contributed by atoms with Gasteiger partial charge in [-0.2, -0.15) is 4.39 Å². The number of Topliss-reactive ketones (excluding diaryl/α,β-unsaturated/α-hetero) is 1. The molecule has 0 bridgehead atoms. The molecule has 3 rings (SSSR count). The number of ether oxygens (including phenoxy) is 4. The number of halogens is 1. The second kappa shape index (κ2) is 28.7. The molecule has 18 nitrogen and oxygen atoms in total. The van der Waals surface area contributed by atoms with Gasteiger partial charge in [0.2, 0.25) is 11.9 Å². The fraction of sp³-hybridized carbons (Fsp3) is 0.554. The second-order valence-electron chi connectivity index (χ2n) is 22.5. The maximum atomic E-state index is 13.6. The molecule has 19 heteroatoms. The lowest BCUT2D eigenvalue weighted by molar-refractivity contribution is -0.161. The topological polar surface area (TPSA) is 247 Å². The third kappa shape index (κ3) is 25.7. The Labute approximate surface area is 441 Å². The largest absolute Gasteiger partial charge is 0.484 e. The first-order chi connectivity index (χ1) is 34.9. The highest BCUT2D eigenvalue weighted by Crippen LogP contribution is 2.25. The lowest BCUT2D eigenvalue weighted by atomic mass is 9.84. The first-order valence-electron chi connectivity index (χ1n) is 25.3. The van der Waals surface area contributed by atoms with Gasteiger partial charge in [0.25, 0.3) is 11.8 Å². The van der Waals surface area contributed by atoms with E-state index in [0.29, 0.717) is 30.6 Å². The molecule has 0 fully saturated rings. The molecule has 1 aromatic heterocycles. The van der Waals surface area contributed by atoms with Crippen LogP contribution in [0.2, 0.25) is 0 Å². The number of rotatable bonds is 26. The number of nitrogens with zero attached hydrogens (tertiary/aromatic N) is 1. The van der Waals surface area contributed by atoms with Crippen LogP contribution in [0.4, 0.5) is 9.18 Å². The highest BCUT2D eigenvalue weighted by molar-refractivity contribution is 5.97. The van der Waals surface area contributed by atoms with Crippen LogP contribution in [0.15, 0.2) is 72.9 Å². The minimum Gasteiger partial charge on any atom is -0.484 e. The molecule has 412 valence electrons. The third-order valence-corrected chi connectivity index (χ3v) is 11.0. The Balaban J connectivity index is 1.57. The molecule has 3 aromatic rings. The van der Waals surface area contributed by atoms with E-state index in [2.05, 4.69) is 31.6 Å². The van der Waals surface area contributed by atoms with Crippen LogP contribution < -0.4 is 31.3 Å². The minimum absolute atomic E-state index is 0.0222. The van der Waals surface area contributed by atoms with E-state index in [9.17, 15) is 42.7 Å². The van der Waals surface area contributed by atoms with Crippen LogP contribution in [-0.4, -0.2) is 107 Å². The Morgan fingerprint density at radius 2 is 1.24 bits per heavy atom. The Morgan fingerprint density at radius 3 is 1.83 bits per heavy atom. The summed E-state index contributed by atoms with van der Waals surface area (Å²) in [6.07, 6.45) is 2.71. The SMILES string of the molecule is CC(C)(C)OC(=O)CC[C@H](NC(=O)N[C@@H](CCCCNC(=O)[C@H](Cc1ccccc1)NC(=O)COc1ccc(C[C@H](CC(=O)CNC(=O)c2ccc(F)nc2)C(=O)OC(C)(C)C)cc1)C(C)(C)C)C(=O)OC(C)(C)C. The van der Waals surface area contributed by atoms with E-state index in [1.807, 2.05) is 51.1 Å². The number of esters is 3. The summed E-state index contributed by atoms with van der Waals surface area (Å²) in [6.45, 7) is 20.9.